The molecule has 0 unspecified atom stereocenters. The highest BCUT2D eigenvalue weighted by Crippen LogP contribution is 2.51. The van der Waals surface area contributed by atoms with Crippen molar-refractivity contribution >= 4 is 44.2 Å². The summed E-state index contributed by atoms with van der Waals surface area (Å²) in [5.74, 6) is 0.597. The van der Waals surface area contributed by atoms with Crippen LogP contribution in [-0.2, 0) is 14.8 Å². The molecule has 4 fully saturated rings. The molecular weight excluding hydrogens is 737 g/mol. The lowest BCUT2D eigenvalue weighted by atomic mass is 9.60. The van der Waals surface area contributed by atoms with Crippen molar-refractivity contribution in [2.75, 3.05) is 56.2 Å². The predicted molar refractivity (Wildman–Crippen MR) is 212 cm³/mol. The van der Waals surface area contributed by atoms with Crippen molar-refractivity contribution in [3.05, 3.63) is 70.2 Å². The molecule has 3 N–H and O–H groups in total. The number of H-pyrrole nitrogens is 1. The third kappa shape index (κ3) is 8.04. The van der Waals surface area contributed by atoms with Gasteiger partial charge in [-0.2, -0.15) is 0 Å². The topological polar surface area (TPSA) is 185 Å². The van der Waals surface area contributed by atoms with Gasteiger partial charge in [0.25, 0.3) is 15.9 Å². The third-order valence-electron chi connectivity index (χ3n) is 12.5. The molecule has 8 rings (SSSR count). The van der Waals surface area contributed by atoms with Crippen LogP contribution >= 0.6 is 0 Å². The van der Waals surface area contributed by atoms with E-state index in [9.17, 15) is 23.3 Å². The van der Waals surface area contributed by atoms with Crippen LogP contribution in [0.15, 0.2) is 53.7 Å². The summed E-state index contributed by atoms with van der Waals surface area (Å²) in [4.78, 5) is 41.6. The van der Waals surface area contributed by atoms with Crippen LogP contribution in [0.2, 0.25) is 0 Å². The maximum Gasteiger partial charge on any atom is 0.312 e. The first kappa shape index (κ1) is 38.1. The fourth-order valence-corrected chi connectivity index (χ4v) is 10.2. The number of aromatic nitrogens is 3. The van der Waals surface area contributed by atoms with E-state index >= 15 is 0 Å². The van der Waals surface area contributed by atoms with Gasteiger partial charge in [-0.3, -0.25) is 19.8 Å². The Morgan fingerprint density at radius 2 is 1.82 bits per heavy atom. The summed E-state index contributed by atoms with van der Waals surface area (Å²) in [5.41, 5.74) is 1.40. The summed E-state index contributed by atoms with van der Waals surface area (Å²) in [5, 5.41) is 16.0. The smallest absolute Gasteiger partial charge is 0.312 e. The number of carbonyl (C=O) groups excluding carboxylic acids is 1. The van der Waals surface area contributed by atoms with E-state index in [0.29, 0.717) is 41.2 Å². The minimum Gasteiger partial charge on any atom is -0.455 e. The first-order valence-electron chi connectivity index (χ1n) is 19.7. The van der Waals surface area contributed by atoms with Gasteiger partial charge in [0.1, 0.15) is 22.0 Å². The second-order valence-electron chi connectivity index (χ2n) is 16.2. The maximum atomic E-state index is 13.9. The number of aromatic amines is 1. The Morgan fingerprint density at radius 3 is 2.55 bits per heavy atom. The number of sulfonamides is 1. The Kier molecular flexibility index (Phi) is 10.6. The lowest BCUT2D eigenvalue weighted by Gasteiger charge is -2.56. The number of piperidine rings is 1. The number of benzene rings is 1. The highest BCUT2D eigenvalue weighted by Gasteiger charge is 2.48. The van der Waals surface area contributed by atoms with E-state index in [0.717, 1.165) is 95.1 Å². The van der Waals surface area contributed by atoms with Crippen LogP contribution in [0.4, 0.5) is 17.2 Å². The lowest BCUT2D eigenvalue weighted by molar-refractivity contribution is -0.384. The molecule has 1 spiro atoms. The van der Waals surface area contributed by atoms with Crippen molar-refractivity contribution in [3.8, 4) is 11.5 Å². The fourth-order valence-electron chi connectivity index (χ4n) is 8.99. The molecule has 1 amide bonds. The zero-order valence-corrected chi connectivity index (χ0v) is 32.8. The highest BCUT2D eigenvalue weighted by atomic mass is 32.2. The van der Waals surface area contributed by atoms with E-state index in [1.807, 2.05) is 12.1 Å². The molecule has 2 saturated heterocycles. The summed E-state index contributed by atoms with van der Waals surface area (Å²) in [6, 6.07) is 10.4. The first-order valence-corrected chi connectivity index (χ1v) is 21.2. The number of nitrogens with zero attached hydrogens (tertiary/aromatic N) is 5. The summed E-state index contributed by atoms with van der Waals surface area (Å²) in [7, 11) is -4.60. The molecule has 16 heteroatoms. The van der Waals surface area contributed by atoms with E-state index in [-0.39, 0.29) is 22.8 Å². The first-order chi connectivity index (χ1) is 26.9. The number of carbonyl (C=O) groups is 1. The molecule has 15 nitrogen and oxygen atoms in total. The number of hydrogen-bond donors (Lipinski definition) is 3. The van der Waals surface area contributed by atoms with Crippen LogP contribution in [0.25, 0.3) is 11.0 Å². The van der Waals surface area contributed by atoms with Gasteiger partial charge >= 0.3 is 5.69 Å². The molecule has 0 bridgehead atoms. The minimum absolute atomic E-state index is 0.00790. The van der Waals surface area contributed by atoms with Crippen LogP contribution in [0.3, 0.4) is 0 Å². The van der Waals surface area contributed by atoms with Gasteiger partial charge in [-0.15, -0.1) is 0 Å². The van der Waals surface area contributed by atoms with Crippen LogP contribution in [0, 0.1) is 34.3 Å². The third-order valence-corrected chi connectivity index (χ3v) is 13.9. The Balaban J connectivity index is 1.01. The van der Waals surface area contributed by atoms with Gasteiger partial charge in [0.05, 0.1) is 35.6 Å². The molecule has 5 heterocycles. The van der Waals surface area contributed by atoms with Crippen LogP contribution < -0.4 is 19.7 Å². The summed E-state index contributed by atoms with van der Waals surface area (Å²) < 4.78 is 41.6. The summed E-state index contributed by atoms with van der Waals surface area (Å²) in [6.07, 6.45) is 12.1. The van der Waals surface area contributed by atoms with Gasteiger partial charge < -0.3 is 24.7 Å². The largest absolute Gasteiger partial charge is 0.455 e. The summed E-state index contributed by atoms with van der Waals surface area (Å²) >= 11 is 0. The number of nitrogens with one attached hydrogen (secondary N) is 3. The van der Waals surface area contributed by atoms with Gasteiger partial charge in [-0.05, 0) is 87.0 Å². The van der Waals surface area contributed by atoms with Crippen molar-refractivity contribution in [2.24, 2.45) is 17.3 Å². The quantitative estimate of drug-likeness (QED) is 0.112. The number of anilines is 2. The zero-order chi connectivity index (χ0) is 39.0. The fraction of sp³-hybridized carbons (Fsp3) is 0.525. The molecular formula is C40H50N8O7S. The molecule has 4 aromatic rings. The van der Waals surface area contributed by atoms with Crippen molar-refractivity contribution in [2.45, 2.75) is 76.2 Å². The number of hydrogen-bond acceptors (Lipinski definition) is 12. The van der Waals surface area contributed by atoms with E-state index in [1.54, 1.807) is 24.4 Å². The van der Waals surface area contributed by atoms with Crippen LogP contribution in [-0.4, -0.2) is 91.1 Å². The average molecular weight is 787 g/mol. The Hall–Kier alpha value is -4.80. The second-order valence-corrected chi connectivity index (χ2v) is 17.9. The normalized spacial score (nSPS) is 21.8. The number of fused-ring (bicyclic) bond motifs is 1. The maximum absolute atomic E-state index is 13.9. The molecule has 2 aliphatic heterocycles. The predicted octanol–water partition coefficient (Wildman–Crippen LogP) is 6.40. The van der Waals surface area contributed by atoms with Gasteiger partial charge in [0, 0.05) is 68.2 Å². The molecule has 1 aromatic carbocycles. The average Bonchev–Trinajstić information content (AvgIpc) is 3.65. The minimum atomic E-state index is -4.60. The number of morpholine rings is 1. The Labute approximate surface area is 326 Å². The molecule has 0 atom stereocenters. The van der Waals surface area contributed by atoms with E-state index in [1.165, 1.54) is 26.0 Å². The van der Waals surface area contributed by atoms with Gasteiger partial charge in [0.2, 0.25) is 5.82 Å². The molecule has 298 valence electrons. The van der Waals surface area contributed by atoms with E-state index in [4.69, 9.17) is 9.47 Å². The van der Waals surface area contributed by atoms with E-state index in [2.05, 4.69) is 41.7 Å². The van der Waals surface area contributed by atoms with Gasteiger partial charge in [-0.25, -0.2) is 23.1 Å². The van der Waals surface area contributed by atoms with E-state index < -0.39 is 31.4 Å². The standard InChI is InChI=1S/C40H50N8O7S/c1-26-3-5-28(6-4-26)24-42-38-34(48(50)51)21-36(27(2)44-38)56(52,53)45-39(49)33-8-7-30(20-35(33)55-32-19-29-9-12-41-37(29)43-25-32)46-13-10-40(11-14-46)22-31(23-40)47-15-17-54-18-16-47/h7-9,12,19-21,25-26,28,31H,3-6,10-11,13-18,22-24H2,1-2H3,(H,41,43)(H,42,44)(H,45,49). The number of ether oxygens (including phenoxy) is 2. The Morgan fingerprint density at radius 1 is 1.07 bits per heavy atom. The molecule has 0 radical (unpaired) electrons. The Bertz CT molecular complexity index is 2200. The van der Waals surface area contributed by atoms with Crippen LogP contribution in [0.5, 0.6) is 11.5 Å². The second kappa shape index (κ2) is 15.6. The molecule has 56 heavy (non-hydrogen) atoms. The van der Waals surface area contributed by atoms with Crippen molar-refractivity contribution in [1.29, 1.82) is 0 Å². The van der Waals surface area contributed by atoms with Gasteiger partial charge in [0.15, 0.2) is 0 Å². The lowest BCUT2D eigenvalue weighted by Crippen LogP contribution is -2.57. The zero-order valence-electron chi connectivity index (χ0n) is 32.0. The van der Waals surface area contributed by atoms with Gasteiger partial charge in [-0.1, -0.05) is 19.8 Å². The molecule has 3 aromatic heterocycles. The SMILES string of the molecule is Cc1nc(NCC2CCC(C)CC2)c([N+](=O)[O-])cc1S(=O)(=O)NC(=O)c1ccc(N2CCC3(CC2)CC(N2CCOCC2)C3)cc1Oc1cnc2[nH]ccc2c1. The number of pyridine rings is 2. The van der Waals surface area contributed by atoms with Crippen molar-refractivity contribution in [1.82, 2.24) is 24.6 Å². The van der Waals surface area contributed by atoms with Crippen molar-refractivity contribution in [3.63, 3.8) is 0 Å². The molecule has 2 saturated carbocycles. The number of aryl methyl sites for hydroxylation is 1. The van der Waals surface area contributed by atoms with Crippen LogP contribution in [0.1, 0.15) is 74.3 Å². The molecule has 2 aliphatic carbocycles. The monoisotopic (exact) mass is 786 g/mol. The summed E-state index contributed by atoms with van der Waals surface area (Å²) in [6.45, 7) is 9.50. The highest BCUT2D eigenvalue weighted by molar-refractivity contribution is 7.90. The number of rotatable bonds is 11. The van der Waals surface area contributed by atoms with Crippen molar-refractivity contribution < 1.29 is 27.6 Å². The number of amides is 1. The molecule has 4 aliphatic rings. The number of nitro groups is 1.